The van der Waals surface area contributed by atoms with E-state index in [1.165, 1.54) is 51.4 Å². The molecule has 0 aromatic heterocycles. The Hall–Kier alpha value is -0.830. The van der Waals surface area contributed by atoms with E-state index in [0.717, 1.165) is 36.7 Å². The van der Waals surface area contributed by atoms with Gasteiger partial charge in [0.25, 0.3) is 0 Å². The van der Waals surface area contributed by atoms with Crippen LogP contribution >= 0.6 is 0 Å². The molecule has 5 fully saturated rings. The Morgan fingerprint density at radius 2 is 1.57 bits per heavy atom. The average Bonchev–Trinajstić information content (AvgIpc) is 3.36. The van der Waals surface area contributed by atoms with Crippen LogP contribution in [0.25, 0.3) is 0 Å². The lowest BCUT2D eigenvalue weighted by Gasteiger charge is -2.63. The molecule has 5 aliphatic rings. The van der Waals surface area contributed by atoms with Crippen molar-refractivity contribution < 1.29 is 14.6 Å². The van der Waals surface area contributed by atoms with Crippen LogP contribution in [-0.2, 0) is 9.53 Å². The molecule has 5 aliphatic carbocycles. The molecule has 0 aliphatic heterocycles. The molecule has 0 saturated heterocycles. The Kier molecular flexibility index (Phi) is 5.96. The van der Waals surface area contributed by atoms with Crippen LogP contribution in [0.15, 0.2) is 12.2 Å². The minimum Gasteiger partial charge on any atom is -0.462 e. The summed E-state index contributed by atoms with van der Waals surface area (Å²) in [6.07, 6.45) is 13.7. The summed E-state index contributed by atoms with van der Waals surface area (Å²) in [4.78, 5) is 11.8. The summed E-state index contributed by atoms with van der Waals surface area (Å²) < 4.78 is 5.89. The number of ether oxygens (including phenoxy) is 1. The van der Waals surface area contributed by atoms with Crippen molar-refractivity contribution in [3.05, 3.63) is 12.2 Å². The molecule has 3 heteroatoms. The van der Waals surface area contributed by atoms with Crippen molar-refractivity contribution in [2.75, 3.05) is 0 Å². The molecule has 0 amide bonds. The van der Waals surface area contributed by atoms with Gasteiger partial charge in [0.05, 0.1) is 6.10 Å². The zero-order valence-electron chi connectivity index (χ0n) is 23.7. The fourth-order valence-electron chi connectivity index (χ4n) is 11.6. The third kappa shape index (κ3) is 3.34. The quantitative estimate of drug-likeness (QED) is 0.310. The summed E-state index contributed by atoms with van der Waals surface area (Å²) in [5, 5.41) is 10.4. The minimum absolute atomic E-state index is 0.0802. The maximum Gasteiger partial charge on any atom is 0.302 e. The third-order valence-corrected chi connectivity index (χ3v) is 13.6. The Balaban J connectivity index is 1.37. The standard InChI is InChI=1S/C32H52O3/c1-20(2)24(34)10-9-21(3)23-13-15-30(8)26-12-11-25-28(5,6)27(35-22(4)33)14-16-31(25)19-32(26,31)18-17-29(23,30)7/h21,23-27,34H,1,9-19H2,2-8H3/t21-,23-,24?,25+,26+,27+,29-,30+,31-,32+/m1/s1. The van der Waals surface area contributed by atoms with Gasteiger partial charge in [-0.2, -0.15) is 0 Å². The monoisotopic (exact) mass is 484 g/mol. The van der Waals surface area contributed by atoms with Crippen molar-refractivity contribution in [1.29, 1.82) is 0 Å². The summed E-state index contributed by atoms with van der Waals surface area (Å²) >= 11 is 0. The van der Waals surface area contributed by atoms with Gasteiger partial charge in [-0.15, -0.1) is 0 Å². The van der Waals surface area contributed by atoms with Crippen molar-refractivity contribution in [3.63, 3.8) is 0 Å². The molecule has 1 N–H and O–H groups in total. The van der Waals surface area contributed by atoms with Crippen LogP contribution in [0.3, 0.4) is 0 Å². The second-order valence-corrected chi connectivity index (χ2v) is 15.0. The van der Waals surface area contributed by atoms with Crippen molar-refractivity contribution in [2.24, 2.45) is 50.7 Å². The van der Waals surface area contributed by atoms with Crippen LogP contribution in [0.5, 0.6) is 0 Å². The second kappa shape index (κ2) is 8.08. The van der Waals surface area contributed by atoms with Crippen molar-refractivity contribution in [2.45, 2.75) is 131 Å². The molecule has 3 nitrogen and oxygen atoms in total. The van der Waals surface area contributed by atoms with E-state index in [1.54, 1.807) is 6.92 Å². The molecule has 5 rings (SSSR count). The van der Waals surface area contributed by atoms with Gasteiger partial charge in [0.2, 0.25) is 0 Å². The Morgan fingerprint density at radius 3 is 2.23 bits per heavy atom. The first-order valence-electron chi connectivity index (χ1n) is 14.8. The van der Waals surface area contributed by atoms with Gasteiger partial charge in [-0.3, -0.25) is 4.79 Å². The van der Waals surface area contributed by atoms with Gasteiger partial charge in [-0.1, -0.05) is 46.8 Å². The molecule has 198 valence electrons. The van der Waals surface area contributed by atoms with E-state index >= 15 is 0 Å². The number of hydrogen-bond acceptors (Lipinski definition) is 3. The Labute approximate surface area is 214 Å². The third-order valence-electron chi connectivity index (χ3n) is 13.6. The largest absolute Gasteiger partial charge is 0.462 e. The minimum atomic E-state index is -0.347. The van der Waals surface area contributed by atoms with E-state index < -0.39 is 0 Å². The zero-order valence-corrected chi connectivity index (χ0v) is 23.7. The number of carbonyl (C=O) groups excluding carboxylic acids is 1. The van der Waals surface area contributed by atoms with E-state index in [2.05, 4.69) is 41.2 Å². The molecule has 0 bridgehead atoms. The molecule has 0 aromatic carbocycles. The smallest absolute Gasteiger partial charge is 0.302 e. The lowest BCUT2D eigenvalue weighted by molar-refractivity contribution is -0.181. The number of aliphatic hydroxyl groups is 1. The number of fused-ring (bicyclic) bond motifs is 2. The van der Waals surface area contributed by atoms with Crippen LogP contribution < -0.4 is 0 Å². The van der Waals surface area contributed by atoms with Gasteiger partial charge < -0.3 is 9.84 Å². The summed E-state index contributed by atoms with van der Waals surface area (Å²) in [7, 11) is 0. The number of esters is 1. The Morgan fingerprint density at radius 1 is 0.914 bits per heavy atom. The molecule has 0 radical (unpaired) electrons. The maximum absolute atomic E-state index is 11.8. The van der Waals surface area contributed by atoms with Gasteiger partial charge in [0.1, 0.15) is 6.10 Å². The van der Waals surface area contributed by atoms with E-state index in [1.807, 2.05) is 6.92 Å². The summed E-state index contributed by atoms with van der Waals surface area (Å²) in [5.41, 5.74) is 2.87. The molecule has 10 atom stereocenters. The second-order valence-electron chi connectivity index (χ2n) is 15.0. The molecule has 2 spiro atoms. The molecule has 35 heavy (non-hydrogen) atoms. The van der Waals surface area contributed by atoms with E-state index in [4.69, 9.17) is 4.74 Å². The predicted octanol–water partition coefficient (Wildman–Crippen LogP) is 7.71. The number of aliphatic hydroxyl groups excluding tert-OH is 1. The fraction of sp³-hybridized carbons (Fsp3) is 0.906. The summed E-state index contributed by atoms with van der Waals surface area (Å²) in [5.74, 6) is 2.86. The SMILES string of the molecule is C=C(C)C(O)CC[C@@H](C)[C@H]1CC[C@@]2(C)[C@@H]3CC[C@H]4C(C)(C)[C@@H](OC(C)=O)CC[C@@]45C[C@@]35CC[C@]12C. The highest BCUT2D eigenvalue weighted by atomic mass is 16.5. The molecule has 5 saturated carbocycles. The zero-order chi connectivity index (χ0) is 25.6. The van der Waals surface area contributed by atoms with Gasteiger partial charge >= 0.3 is 5.97 Å². The lowest BCUT2D eigenvalue weighted by Crippen LogP contribution is -2.58. The first-order chi connectivity index (χ1) is 16.3. The summed E-state index contributed by atoms with van der Waals surface area (Å²) in [6, 6.07) is 0. The van der Waals surface area contributed by atoms with Crippen molar-refractivity contribution in [1.82, 2.24) is 0 Å². The van der Waals surface area contributed by atoms with E-state index in [0.29, 0.717) is 33.5 Å². The Bertz CT molecular complexity index is 891. The highest BCUT2D eigenvalue weighted by Crippen LogP contribution is 2.89. The number of carbonyl (C=O) groups is 1. The highest BCUT2D eigenvalue weighted by Gasteiger charge is 2.82. The van der Waals surface area contributed by atoms with Crippen molar-refractivity contribution >= 4 is 5.97 Å². The van der Waals surface area contributed by atoms with Gasteiger partial charge in [0.15, 0.2) is 0 Å². The first kappa shape index (κ1) is 25.8. The van der Waals surface area contributed by atoms with Crippen molar-refractivity contribution in [3.8, 4) is 0 Å². The highest BCUT2D eigenvalue weighted by molar-refractivity contribution is 5.66. The normalized spacial score (nSPS) is 49.0. The fourth-order valence-corrected chi connectivity index (χ4v) is 11.6. The topological polar surface area (TPSA) is 46.5 Å². The van der Waals surface area contributed by atoms with Gasteiger partial charge in [-0.05, 0) is 123 Å². The molecule has 1 unspecified atom stereocenters. The van der Waals surface area contributed by atoms with Crippen LogP contribution in [0.2, 0.25) is 0 Å². The van der Waals surface area contributed by atoms with Crippen LogP contribution in [0, 0.1) is 50.7 Å². The van der Waals surface area contributed by atoms with Gasteiger partial charge in [0, 0.05) is 12.3 Å². The van der Waals surface area contributed by atoms with E-state index in [9.17, 15) is 9.90 Å². The van der Waals surface area contributed by atoms with Gasteiger partial charge in [-0.25, -0.2) is 0 Å². The lowest BCUT2D eigenvalue weighted by atomic mass is 9.41. The maximum atomic E-state index is 11.8. The average molecular weight is 485 g/mol. The number of rotatable bonds is 6. The van der Waals surface area contributed by atoms with Crippen LogP contribution in [0.4, 0.5) is 0 Å². The molecular weight excluding hydrogens is 432 g/mol. The van der Waals surface area contributed by atoms with E-state index in [-0.39, 0.29) is 23.6 Å². The molecule has 0 aromatic rings. The predicted molar refractivity (Wildman–Crippen MR) is 142 cm³/mol. The molecular formula is C32H52O3. The summed E-state index contributed by atoms with van der Waals surface area (Å²) in [6.45, 7) is 20.1. The van der Waals surface area contributed by atoms with Crippen LogP contribution in [0.1, 0.15) is 119 Å². The molecule has 0 heterocycles. The first-order valence-corrected chi connectivity index (χ1v) is 14.8. The number of hydrogen-bond donors (Lipinski definition) is 1. The van der Waals surface area contributed by atoms with Crippen LogP contribution in [-0.4, -0.2) is 23.3 Å².